The van der Waals surface area contributed by atoms with E-state index in [-0.39, 0.29) is 0 Å². The van der Waals surface area contributed by atoms with Crippen molar-refractivity contribution in [3.05, 3.63) is 35.9 Å². The van der Waals surface area contributed by atoms with Gasteiger partial charge in [-0.25, -0.2) is 0 Å². The monoisotopic (exact) mass is 296 g/mol. The van der Waals surface area contributed by atoms with E-state index >= 15 is 0 Å². The molecule has 0 saturated heterocycles. The molecule has 0 bridgehead atoms. The van der Waals surface area contributed by atoms with Crippen LogP contribution in [0, 0.1) is 0 Å². The van der Waals surface area contributed by atoms with Gasteiger partial charge in [0, 0.05) is 0 Å². The van der Waals surface area contributed by atoms with Gasteiger partial charge in [0.2, 0.25) is 0 Å². The van der Waals surface area contributed by atoms with Gasteiger partial charge in [-0.2, -0.15) is 0 Å². The third-order valence-electron chi connectivity index (χ3n) is 2.72. The van der Waals surface area contributed by atoms with Gasteiger partial charge in [-0.3, -0.25) is 0 Å². The molecule has 0 heterocycles. The molecule has 6 heteroatoms. The van der Waals surface area contributed by atoms with Gasteiger partial charge in [0.1, 0.15) is 0 Å². The van der Waals surface area contributed by atoms with Crippen LogP contribution in [0.25, 0.3) is 0 Å². The number of hydrogen-bond acceptors (Lipinski definition) is 3. The summed E-state index contributed by atoms with van der Waals surface area (Å²) in [7, 11) is -2.35. The van der Waals surface area contributed by atoms with E-state index in [0.29, 0.717) is 18.5 Å². The quantitative estimate of drug-likeness (QED) is 0.798. The summed E-state index contributed by atoms with van der Waals surface area (Å²) in [6.45, 7) is 3.51. The Balaban J connectivity index is 2.68. The average Bonchev–Trinajstić information content (AvgIpc) is 2.30. The van der Waals surface area contributed by atoms with Crippen LogP contribution >= 0.6 is 25.7 Å². The van der Waals surface area contributed by atoms with Crippen LogP contribution in [0.15, 0.2) is 30.3 Å². The molecule has 0 aromatic heterocycles. The number of halogens is 1. The molecule has 0 saturated carbocycles. The summed E-state index contributed by atoms with van der Waals surface area (Å²) < 4.78 is 17.2. The molecule has 1 aromatic carbocycles. The van der Waals surface area contributed by atoms with Crippen LogP contribution in [0.4, 0.5) is 0 Å². The Labute approximate surface area is 108 Å². The van der Waals surface area contributed by atoms with Gasteiger partial charge in [0.25, 0.3) is 0 Å². The van der Waals surface area contributed by atoms with E-state index in [1.54, 1.807) is 13.8 Å². The zero-order chi connectivity index (χ0) is 13.0. The fraction of sp³-hybridized carbons (Fsp3) is 0.455. The van der Waals surface area contributed by atoms with Crippen LogP contribution in [0.2, 0.25) is 0 Å². The van der Waals surface area contributed by atoms with Crippen LogP contribution < -0.4 is 0 Å². The summed E-state index contributed by atoms with van der Waals surface area (Å²) in [6, 6.07) is 9.41. The fourth-order valence-electron chi connectivity index (χ4n) is 1.38. The Morgan fingerprint density at radius 2 is 1.82 bits per heavy atom. The first-order valence-electron chi connectivity index (χ1n) is 5.62. The van der Waals surface area contributed by atoms with E-state index in [9.17, 15) is 9.46 Å². The van der Waals surface area contributed by atoms with Gasteiger partial charge >= 0.3 is 108 Å². The summed E-state index contributed by atoms with van der Waals surface area (Å²) in [5, 5.41) is 0. The molecule has 0 aliphatic heterocycles. The maximum atomic E-state index is 11.9. The number of rotatable bonds is 6. The van der Waals surface area contributed by atoms with E-state index in [1.165, 1.54) is 0 Å². The molecule has 98 valence electrons. The SMILES string of the molecule is CCP(O)(Cl)(CC)O[PH](=O)Cc1ccccc1. The second-order valence-corrected chi connectivity index (χ2v) is 11.8. The topological polar surface area (TPSA) is 46.5 Å². The third kappa shape index (κ3) is 4.69. The van der Waals surface area contributed by atoms with Crippen molar-refractivity contribution in [2.24, 2.45) is 0 Å². The minimum atomic E-state index is -3.68. The first kappa shape index (κ1) is 15.1. The Morgan fingerprint density at radius 1 is 1.29 bits per heavy atom. The van der Waals surface area contributed by atoms with E-state index in [2.05, 4.69) is 0 Å². The van der Waals surface area contributed by atoms with Crippen LogP contribution in [0.3, 0.4) is 0 Å². The Morgan fingerprint density at radius 3 is 2.29 bits per heavy atom. The predicted molar refractivity (Wildman–Crippen MR) is 76.3 cm³/mol. The van der Waals surface area contributed by atoms with Crippen LogP contribution in [-0.2, 0) is 15.0 Å². The van der Waals surface area contributed by atoms with Gasteiger partial charge < -0.3 is 0 Å². The first-order valence-corrected chi connectivity index (χ1v) is 10.5. The van der Waals surface area contributed by atoms with Crippen molar-refractivity contribution in [2.75, 3.05) is 12.3 Å². The fourth-order valence-corrected chi connectivity index (χ4v) is 6.20. The molecule has 1 aromatic rings. The van der Waals surface area contributed by atoms with E-state index in [1.807, 2.05) is 30.3 Å². The van der Waals surface area contributed by atoms with Crippen LogP contribution in [0.5, 0.6) is 0 Å². The summed E-state index contributed by atoms with van der Waals surface area (Å²) in [5.41, 5.74) is 0.929. The molecule has 0 amide bonds. The zero-order valence-electron chi connectivity index (χ0n) is 10.1. The molecule has 0 aliphatic carbocycles. The van der Waals surface area contributed by atoms with Gasteiger partial charge in [-0.15, -0.1) is 0 Å². The van der Waals surface area contributed by atoms with E-state index in [4.69, 9.17) is 15.6 Å². The van der Waals surface area contributed by atoms with Gasteiger partial charge in [0.15, 0.2) is 0 Å². The van der Waals surface area contributed by atoms with Crippen molar-refractivity contribution in [3.8, 4) is 0 Å². The molecule has 1 N–H and O–H groups in total. The maximum absolute atomic E-state index is 11.9. The molecule has 1 unspecified atom stereocenters. The average molecular weight is 297 g/mol. The van der Waals surface area contributed by atoms with Crippen LogP contribution in [-0.4, -0.2) is 17.2 Å². The normalized spacial score (nSPS) is 16.1. The third-order valence-corrected chi connectivity index (χ3v) is 10.4. The molecule has 0 aliphatic rings. The predicted octanol–water partition coefficient (Wildman–Crippen LogP) is 4.25. The van der Waals surface area contributed by atoms with Crippen molar-refractivity contribution in [1.29, 1.82) is 0 Å². The summed E-state index contributed by atoms with van der Waals surface area (Å²) in [6.07, 6.45) is -2.73. The summed E-state index contributed by atoms with van der Waals surface area (Å²) >= 11 is 6.11. The van der Waals surface area contributed by atoms with Crippen molar-refractivity contribution in [3.63, 3.8) is 0 Å². The standard InChI is InChI=1S/C11H19ClO3P2/c1-3-17(12,14,4-2)15-16(13)10-11-8-6-5-7-9-11/h5-9,14,16H,3-4,10H2,1-2H3. The molecule has 0 radical (unpaired) electrons. The van der Waals surface area contributed by atoms with Gasteiger partial charge in [-0.1, -0.05) is 0 Å². The first-order chi connectivity index (χ1) is 7.88. The second-order valence-electron chi connectivity index (χ2n) is 3.99. The Kier molecular flexibility index (Phi) is 5.19. The molecule has 1 rings (SSSR count). The molecule has 1 atom stereocenters. The molecule has 0 fully saturated rings. The molecule has 3 nitrogen and oxygen atoms in total. The minimum absolute atomic E-state index is 0.314. The van der Waals surface area contributed by atoms with E-state index in [0.717, 1.165) is 5.56 Å². The number of benzene rings is 1. The van der Waals surface area contributed by atoms with Gasteiger partial charge in [-0.05, 0) is 0 Å². The molecular formula is C11H19ClO3P2. The van der Waals surface area contributed by atoms with Crippen molar-refractivity contribution in [1.82, 2.24) is 0 Å². The van der Waals surface area contributed by atoms with Crippen molar-refractivity contribution >= 4 is 25.7 Å². The molecule has 0 spiro atoms. The Hall–Kier alpha value is 0.0900. The summed E-state index contributed by atoms with van der Waals surface area (Å²) in [4.78, 5) is 10.2. The van der Waals surface area contributed by atoms with Crippen molar-refractivity contribution < 1.29 is 13.8 Å². The zero-order valence-corrected chi connectivity index (χ0v) is 12.7. The van der Waals surface area contributed by atoms with Crippen molar-refractivity contribution in [2.45, 2.75) is 20.0 Å². The van der Waals surface area contributed by atoms with Gasteiger partial charge in [0.05, 0.1) is 0 Å². The molecular weight excluding hydrogens is 278 g/mol. The molecule has 17 heavy (non-hydrogen) atoms. The summed E-state index contributed by atoms with van der Waals surface area (Å²) in [5.74, 6) is 0. The Bertz CT molecular complexity index is 387. The number of hydrogen-bond donors (Lipinski definition) is 1. The van der Waals surface area contributed by atoms with Crippen LogP contribution in [0.1, 0.15) is 19.4 Å². The van der Waals surface area contributed by atoms with E-state index < -0.39 is 14.4 Å². The second kappa shape index (κ2) is 5.82.